The second-order valence-electron chi connectivity index (χ2n) is 14.5. The third kappa shape index (κ3) is 4.96. The van der Waals surface area contributed by atoms with Gasteiger partial charge in [0.25, 0.3) is 0 Å². The first-order valence-corrected chi connectivity index (χ1v) is 16.2. The van der Waals surface area contributed by atoms with Gasteiger partial charge in [-0.25, -0.2) is 4.79 Å². The number of hydrogen-bond donors (Lipinski definition) is 3. The first kappa shape index (κ1) is 30.8. The Kier molecular flexibility index (Phi) is 7.72. The number of aliphatic hydroxyl groups is 1. The maximum absolute atomic E-state index is 13.4. The zero-order valence-corrected chi connectivity index (χ0v) is 26.6. The lowest BCUT2D eigenvalue weighted by atomic mass is 9.48. The lowest BCUT2D eigenvalue weighted by Gasteiger charge is -2.64. The van der Waals surface area contributed by atoms with Crippen molar-refractivity contribution in [3.05, 3.63) is 23.3 Å². The number of ether oxygens (including phenoxy) is 2. The third-order valence-electron chi connectivity index (χ3n) is 10.9. The summed E-state index contributed by atoms with van der Waals surface area (Å²) in [6.45, 7) is 7.62. The average molecular weight is 612 g/mol. The summed E-state index contributed by atoms with van der Waals surface area (Å²) in [6, 6.07) is 3.06. The van der Waals surface area contributed by atoms with Gasteiger partial charge in [0.15, 0.2) is 23.4 Å². The van der Waals surface area contributed by atoms with Crippen molar-refractivity contribution in [1.82, 2.24) is 15.5 Å². The Labute approximate surface area is 259 Å². The smallest absolute Gasteiger partial charge is 0.415 e. The van der Waals surface area contributed by atoms with Crippen LogP contribution in [0.15, 0.2) is 12.1 Å². The van der Waals surface area contributed by atoms with Crippen molar-refractivity contribution in [1.29, 1.82) is 0 Å². The van der Waals surface area contributed by atoms with Crippen LogP contribution in [0.5, 0.6) is 11.5 Å². The highest BCUT2D eigenvalue weighted by Gasteiger charge is 2.76. The number of nitrogens with one attached hydrogen (secondary N) is 2. The molecular weight excluding hydrogens is 564 g/mol. The van der Waals surface area contributed by atoms with Crippen molar-refractivity contribution in [3.8, 4) is 11.5 Å². The predicted molar refractivity (Wildman–Crippen MR) is 161 cm³/mol. The van der Waals surface area contributed by atoms with Crippen LogP contribution in [0, 0.1) is 11.8 Å². The van der Waals surface area contributed by atoms with Crippen LogP contribution >= 0.6 is 0 Å². The number of rotatable bonds is 10. The number of carbonyl (C=O) groups excluding carboxylic acids is 4. The molecule has 240 valence electrons. The number of carbonyl (C=O) groups is 4. The van der Waals surface area contributed by atoms with Gasteiger partial charge < -0.3 is 34.6 Å². The summed E-state index contributed by atoms with van der Waals surface area (Å²) in [5, 5.41) is 18.1. The van der Waals surface area contributed by atoms with E-state index in [2.05, 4.69) is 17.7 Å². The maximum Gasteiger partial charge on any atom is 0.415 e. The minimum atomic E-state index is -1.08. The molecule has 3 amide bonds. The van der Waals surface area contributed by atoms with Crippen molar-refractivity contribution >= 4 is 23.7 Å². The van der Waals surface area contributed by atoms with Crippen LogP contribution in [-0.4, -0.2) is 102 Å². The molecule has 5 aliphatic rings. The fourth-order valence-electron chi connectivity index (χ4n) is 8.69. The summed E-state index contributed by atoms with van der Waals surface area (Å²) in [7, 11) is 3.86. The zero-order valence-electron chi connectivity index (χ0n) is 26.6. The molecule has 0 aromatic heterocycles. The topological polar surface area (TPSA) is 134 Å². The number of amides is 3. The molecule has 2 bridgehead atoms. The van der Waals surface area contributed by atoms with E-state index in [4.69, 9.17) is 9.47 Å². The van der Waals surface area contributed by atoms with E-state index in [1.165, 1.54) is 24.7 Å². The fourth-order valence-corrected chi connectivity index (χ4v) is 8.69. The number of hydrogen-bond acceptors (Lipinski definition) is 7. The molecule has 1 spiro atoms. The van der Waals surface area contributed by atoms with Crippen LogP contribution in [0.1, 0.15) is 70.4 Å². The van der Waals surface area contributed by atoms with Gasteiger partial charge in [0.1, 0.15) is 17.7 Å². The van der Waals surface area contributed by atoms with Gasteiger partial charge in [-0.2, -0.15) is 0 Å². The lowest BCUT2D eigenvalue weighted by molar-refractivity contribution is -0.950. The number of likely N-dealkylation sites (N-methyl/N-ethyl adjacent to an activating group) is 2. The van der Waals surface area contributed by atoms with Crippen molar-refractivity contribution in [2.24, 2.45) is 11.8 Å². The maximum atomic E-state index is 13.4. The molecule has 1 aromatic carbocycles. The summed E-state index contributed by atoms with van der Waals surface area (Å²) in [5.74, 6) is 0.985. The Morgan fingerprint density at radius 1 is 1.23 bits per heavy atom. The van der Waals surface area contributed by atoms with E-state index in [-0.39, 0.29) is 54.8 Å². The van der Waals surface area contributed by atoms with E-state index in [0.29, 0.717) is 37.4 Å². The minimum absolute atomic E-state index is 0.00376. The van der Waals surface area contributed by atoms with Gasteiger partial charge in [-0.1, -0.05) is 19.9 Å². The van der Waals surface area contributed by atoms with E-state index in [1.54, 1.807) is 13.1 Å². The molecule has 11 nitrogen and oxygen atoms in total. The first-order chi connectivity index (χ1) is 20.8. The highest BCUT2D eigenvalue weighted by atomic mass is 16.6. The number of quaternary nitrogens is 1. The largest absolute Gasteiger partial charge is 0.477 e. The monoisotopic (exact) mass is 611 g/mol. The molecule has 1 saturated heterocycles. The van der Waals surface area contributed by atoms with E-state index >= 15 is 0 Å². The Morgan fingerprint density at radius 3 is 2.66 bits per heavy atom. The van der Waals surface area contributed by atoms with Gasteiger partial charge in [0.2, 0.25) is 11.8 Å². The van der Waals surface area contributed by atoms with E-state index in [9.17, 15) is 24.3 Å². The van der Waals surface area contributed by atoms with Gasteiger partial charge in [0, 0.05) is 57.8 Å². The van der Waals surface area contributed by atoms with Crippen molar-refractivity contribution < 1.29 is 38.2 Å². The minimum Gasteiger partial charge on any atom is -0.477 e. The molecule has 3 N–H and O–H groups in total. The number of benzene rings is 1. The zero-order chi connectivity index (χ0) is 31.6. The quantitative estimate of drug-likeness (QED) is 0.345. The van der Waals surface area contributed by atoms with Gasteiger partial charge in [-0.05, 0) is 43.2 Å². The molecule has 1 aromatic rings. The van der Waals surface area contributed by atoms with Crippen LogP contribution in [0.4, 0.5) is 4.79 Å². The SMILES string of the molecule is CC(=O)N[C@@H](CC(C)C)C(=O)NCCN(C)C(=O)Oc1ccc2c3c1O[C@H]1C(=O)CC[C@@]4(O)[C@H](C2)[N+](C)(CC2CC2)CC[C@]314. The van der Waals surface area contributed by atoms with E-state index in [1.807, 2.05) is 19.9 Å². The molecule has 6 atom stereocenters. The summed E-state index contributed by atoms with van der Waals surface area (Å²) in [4.78, 5) is 52.2. The molecule has 11 heteroatoms. The summed E-state index contributed by atoms with van der Waals surface area (Å²) < 4.78 is 13.1. The Morgan fingerprint density at radius 2 is 1.98 bits per heavy atom. The molecule has 3 aliphatic carbocycles. The highest BCUT2D eigenvalue weighted by Crippen LogP contribution is 2.66. The second-order valence-corrected chi connectivity index (χ2v) is 14.5. The molecule has 6 rings (SSSR count). The normalized spacial score (nSPS) is 31.9. The molecule has 2 aliphatic heterocycles. The molecule has 1 unspecified atom stereocenters. The summed E-state index contributed by atoms with van der Waals surface area (Å²) in [6.07, 6.45) is 3.62. The van der Waals surface area contributed by atoms with Gasteiger partial charge in [-0.15, -0.1) is 0 Å². The van der Waals surface area contributed by atoms with Crippen LogP contribution < -0.4 is 20.1 Å². The highest BCUT2D eigenvalue weighted by molar-refractivity contribution is 5.90. The summed E-state index contributed by atoms with van der Waals surface area (Å²) >= 11 is 0. The van der Waals surface area contributed by atoms with Crippen LogP contribution in [0.2, 0.25) is 0 Å². The van der Waals surface area contributed by atoms with Gasteiger partial charge in [0.05, 0.1) is 25.6 Å². The lowest BCUT2D eigenvalue weighted by Crippen LogP contribution is -2.80. The molecular formula is C33H47N4O7+. The second kappa shape index (κ2) is 11.0. The number of nitrogens with zero attached hydrogens (tertiary/aromatic N) is 2. The van der Waals surface area contributed by atoms with Crippen molar-refractivity contribution in [3.63, 3.8) is 0 Å². The van der Waals surface area contributed by atoms with Crippen molar-refractivity contribution in [2.45, 2.75) is 94.9 Å². The van der Waals surface area contributed by atoms with Crippen molar-refractivity contribution in [2.75, 3.05) is 40.3 Å². The Bertz CT molecular complexity index is 1380. The molecule has 2 heterocycles. The average Bonchev–Trinajstić information content (AvgIpc) is 3.68. The third-order valence-corrected chi connectivity index (χ3v) is 10.9. The van der Waals surface area contributed by atoms with E-state index in [0.717, 1.165) is 28.7 Å². The van der Waals surface area contributed by atoms with Gasteiger partial charge in [-0.3, -0.25) is 14.4 Å². The fraction of sp³-hybridized carbons (Fsp3) is 0.697. The van der Waals surface area contributed by atoms with Crippen LogP contribution in [0.3, 0.4) is 0 Å². The Balaban J connectivity index is 1.19. The predicted octanol–water partition coefficient (Wildman–Crippen LogP) is 2.06. The Hall–Kier alpha value is -3.18. The first-order valence-electron chi connectivity index (χ1n) is 16.2. The molecule has 3 fully saturated rings. The molecule has 0 radical (unpaired) electrons. The number of likely N-dealkylation sites (tertiary alicyclic amines) is 1. The van der Waals surface area contributed by atoms with Crippen LogP contribution in [-0.2, 0) is 26.2 Å². The molecule has 44 heavy (non-hydrogen) atoms. The molecule has 2 saturated carbocycles. The van der Waals surface area contributed by atoms with Gasteiger partial charge >= 0.3 is 6.09 Å². The summed E-state index contributed by atoms with van der Waals surface area (Å²) in [5.41, 5.74) is 0.00338. The van der Waals surface area contributed by atoms with E-state index < -0.39 is 29.3 Å². The van der Waals surface area contributed by atoms with Crippen LogP contribution in [0.25, 0.3) is 0 Å². The number of ketones is 1. The number of Topliss-reactive ketones (excluding diaryl/α,β-unsaturated/α-hetero) is 1. The standard InChI is InChI=1S/C33H46N4O7/c1-19(2)16-23(35-20(3)38)30(40)34-13-14-36(4)31(41)43-25-9-8-22-17-26-33(42)11-10-24(39)29-32(33,27(22)28(25)44-29)12-15-37(26,5)18-21-6-7-21/h8-9,19,21,23,26,29,42H,6-7,10-18H2,1-5H3,(H-,34,35,38,40)/p+1/t23-,26-,29-,32-,33+,37?/m0/s1. The number of piperidine rings is 1.